The fraction of sp³-hybridized carbons (Fsp3) is 0.579. The zero-order chi connectivity index (χ0) is 21.1. The molecule has 0 spiro atoms. The van der Waals surface area contributed by atoms with Gasteiger partial charge in [0.1, 0.15) is 5.00 Å². The van der Waals surface area contributed by atoms with Crippen LogP contribution in [0.25, 0.3) is 0 Å². The van der Waals surface area contributed by atoms with Crippen molar-refractivity contribution in [2.75, 3.05) is 48.9 Å². The van der Waals surface area contributed by atoms with Crippen LogP contribution in [0, 0.1) is 0 Å². The molecular formula is C19H25N5O4S2. The van der Waals surface area contributed by atoms with E-state index in [2.05, 4.69) is 20.4 Å². The maximum atomic E-state index is 12.6. The Morgan fingerprint density at radius 1 is 1.27 bits per heavy atom. The van der Waals surface area contributed by atoms with E-state index >= 15 is 0 Å². The van der Waals surface area contributed by atoms with Crippen molar-refractivity contribution in [1.82, 2.24) is 14.8 Å². The molecule has 2 aromatic heterocycles. The van der Waals surface area contributed by atoms with Gasteiger partial charge >= 0.3 is 5.97 Å². The topological polar surface area (TPSA) is 98.6 Å². The summed E-state index contributed by atoms with van der Waals surface area (Å²) in [6.45, 7) is 4.99. The lowest BCUT2D eigenvalue weighted by Crippen LogP contribution is -2.37. The third-order valence-electron chi connectivity index (χ3n) is 5.09. The number of thiophene rings is 1. The molecule has 11 heteroatoms. The summed E-state index contributed by atoms with van der Waals surface area (Å²) in [5.41, 5.74) is 1.56. The minimum Gasteiger partial charge on any atom is -0.462 e. The smallest absolute Gasteiger partial charge is 0.341 e. The van der Waals surface area contributed by atoms with Gasteiger partial charge in [0.05, 0.1) is 31.1 Å². The molecule has 0 aromatic carbocycles. The van der Waals surface area contributed by atoms with Gasteiger partial charge in [-0.25, -0.2) is 4.79 Å². The van der Waals surface area contributed by atoms with Gasteiger partial charge in [-0.1, -0.05) is 11.8 Å². The number of thioether (sulfide) groups is 1. The van der Waals surface area contributed by atoms with Gasteiger partial charge < -0.3 is 19.7 Å². The molecule has 9 nitrogen and oxygen atoms in total. The molecule has 2 aromatic rings. The molecule has 1 fully saturated rings. The normalized spacial score (nSPS) is 15.9. The molecule has 2 aliphatic rings. The lowest BCUT2D eigenvalue weighted by molar-refractivity contribution is -0.113. The number of esters is 1. The number of morpholine rings is 1. The van der Waals surface area contributed by atoms with E-state index in [-0.39, 0.29) is 17.6 Å². The molecule has 0 atom stereocenters. The highest BCUT2D eigenvalue weighted by atomic mass is 32.2. The van der Waals surface area contributed by atoms with E-state index in [0.717, 1.165) is 43.9 Å². The number of rotatable bonds is 7. The Kier molecular flexibility index (Phi) is 6.59. The third-order valence-corrected chi connectivity index (χ3v) is 7.32. The van der Waals surface area contributed by atoms with Crippen molar-refractivity contribution in [3.8, 4) is 0 Å². The second-order valence-electron chi connectivity index (χ2n) is 7.06. The number of carbonyl (C=O) groups is 2. The number of aromatic nitrogens is 3. The average molecular weight is 452 g/mol. The van der Waals surface area contributed by atoms with Crippen molar-refractivity contribution < 1.29 is 19.1 Å². The number of hydrogen-bond donors (Lipinski definition) is 1. The van der Waals surface area contributed by atoms with Gasteiger partial charge in [0.2, 0.25) is 11.9 Å². The molecule has 1 amide bonds. The largest absolute Gasteiger partial charge is 0.462 e. The molecule has 0 unspecified atom stereocenters. The molecule has 162 valence electrons. The summed E-state index contributed by atoms with van der Waals surface area (Å²) in [5, 5.41) is 12.7. The lowest BCUT2D eigenvalue weighted by Gasteiger charge is -2.27. The minimum absolute atomic E-state index is 0.179. The van der Waals surface area contributed by atoms with E-state index < -0.39 is 0 Å². The maximum Gasteiger partial charge on any atom is 0.341 e. The van der Waals surface area contributed by atoms with Crippen molar-refractivity contribution in [2.45, 2.75) is 31.3 Å². The molecule has 1 aliphatic carbocycles. The van der Waals surface area contributed by atoms with E-state index in [0.29, 0.717) is 35.5 Å². The quantitative estimate of drug-likeness (QED) is 0.505. The predicted molar refractivity (Wildman–Crippen MR) is 116 cm³/mol. The zero-order valence-electron chi connectivity index (χ0n) is 17.1. The summed E-state index contributed by atoms with van der Waals surface area (Å²) in [5.74, 6) is 0.421. The Morgan fingerprint density at radius 3 is 2.83 bits per heavy atom. The van der Waals surface area contributed by atoms with Gasteiger partial charge in [-0.3, -0.25) is 9.36 Å². The molecule has 1 saturated heterocycles. The first-order valence-corrected chi connectivity index (χ1v) is 11.8. The van der Waals surface area contributed by atoms with Crippen LogP contribution in [-0.2, 0) is 34.2 Å². The third kappa shape index (κ3) is 4.33. The number of carbonyl (C=O) groups excluding carboxylic acids is 2. The van der Waals surface area contributed by atoms with E-state index in [4.69, 9.17) is 9.47 Å². The average Bonchev–Trinajstić information content (AvgIpc) is 3.42. The highest BCUT2D eigenvalue weighted by Crippen LogP contribution is 2.39. The Hall–Kier alpha value is -2.11. The van der Waals surface area contributed by atoms with Crippen LogP contribution in [0.5, 0.6) is 0 Å². The van der Waals surface area contributed by atoms with Crippen LogP contribution in [-0.4, -0.2) is 65.3 Å². The molecule has 0 radical (unpaired) electrons. The van der Waals surface area contributed by atoms with Crippen molar-refractivity contribution in [3.63, 3.8) is 0 Å². The zero-order valence-corrected chi connectivity index (χ0v) is 18.7. The van der Waals surface area contributed by atoms with Crippen LogP contribution in [0.15, 0.2) is 5.16 Å². The van der Waals surface area contributed by atoms with Crippen LogP contribution >= 0.6 is 23.1 Å². The summed E-state index contributed by atoms with van der Waals surface area (Å²) in [6.07, 6.45) is 2.84. The number of ether oxygens (including phenoxy) is 2. The predicted octanol–water partition coefficient (Wildman–Crippen LogP) is 2.11. The summed E-state index contributed by atoms with van der Waals surface area (Å²) < 4.78 is 12.5. The summed E-state index contributed by atoms with van der Waals surface area (Å²) >= 11 is 2.81. The van der Waals surface area contributed by atoms with Crippen LogP contribution < -0.4 is 10.2 Å². The minimum atomic E-state index is -0.358. The first-order chi connectivity index (χ1) is 14.6. The fourth-order valence-corrected chi connectivity index (χ4v) is 5.68. The fourth-order valence-electron chi connectivity index (χ4n) is 3.68. The van der Waals surface area contributed by atoms with Crippen molar-refractivity contribution in [1.29, 1.82) is 0 Å². The SMILES string of the molecule is CCOC(=O)c1c(NC(=O)CSc2nnc(N3CCOCC3)n2C)sc2c1CCC2. The number of amides is 1. The molecule has 4 rings (SSSR count). The first-order valence-electron chi connectivity index (χ1n) is 10.0. The number of hydrogen-bond acceptors (Lipinski definition) is 9. The highest BCUT2D eigenvalue weighted by Gasteiger charge is 2.28. The van der Waals surface area contributed by atoms with E-state index in [1.165, 1.54) is 28.0 Å². The molecule has 1 N–H and O–H groups in total. The van der Waals surface area contributed by atoms with Crippen LogP contribution in [0.3, 0.4) is 0 Å². The number of nitrogens with one attached hydrogen (secondary N) is 1. The second-order valence-corrected chi connectivity index (χ2v) is 9.11. The number of nitrogens with zero attached hydrogens (tertiary/aromatic N) is 4. The molecule has 3 heterocycles. The number of aryl methyl sites for hydroxylation is 1. The number of anilines is 2. The van der Waals surface area contributed by atoms with Gasteiger partial charge in [0.15, 0.2) is 5.16 Å². The van der Waals surface area contributed by atoms with Gasteiger partial charge in [-0.15, -0.1) is 21.5 Å². The van der Waals surface area contributed by atoms with E-state index in [9.17, 15) is 9.59 Å². The van der Waals surface area contributed by atoms with Crippen molar-refractivity contribution in [2.24, 2.45) is 7.05 Å². The maximum absolute atomic E-state index is 12.6. The van der Waals surface area contributed by atoms with Crippen LogP contribution in [0.2, 0.25) is 0 Å². The van der Waals surface area contributed by atoms with E-state index in [1.54, 1.807) is 6.92 Å². The highest BCUT2D eigenvalue weighted by molar-refractivity contribution is 7.99. The standard InChI is InChI=1S/C19H25N5O4S2/c1-3-28-17(26)15-12-5-4-6-13(12)30-16(15)20-14(25)11-29-19-22-21-18(23(19)2)24-7-9-27-10-8-24/h3-11H2,1-2H3,(H,20,25). The molecular weight excluding hydrogens is 426 g/mol. The van der Waals surface area contributed by atoms with Gasteiger partial charge in [-0.2, -0.15) is 0 Å². The Balaban J connectivity index is 1.40. The molecule has 0 bridgehead atoms. The van der Waals surface area contributed by atoms with Gasteiger partial charge in [0, 0.05) is 25.0 Å². The summed E-state index contributed by atoms with van der Waals surface area (Å²) in [7, 11) is 1.90. The Morgan fingerprint density at radius 2 is 2.07 bits per heavy atom. The van der Waals surface area contributed by atoms with E-state index in [1.807, 2.05) is 11.6 Å². The van der Waals surface area contributed by atoms with Gasteiger partial charge in [0.25, 0.3) is 0 Å². The van der Waals surface area contributed by atoms with Crippen LogP contribution in [0.1, 0.15) is 34.1 Å². The molecule has 30 heavy (non-hydrogen) atoms. The molecule has 1 aliphatic heterocycles. The Bertz CT molecular complexity index is 936. The second kappa shape index (κ2) is 9.36. The van der Waals surface area contributed by atoms with Gasteiger partial charge in [-0.05, 0) is 31.7 Å². The first kappa shape index (κ1) is 21.1. The lowest BCUT2D eigenvalue weighted by atomic mass is 10.1. The number of fused-ring (bicyclic) bond motifs is 1. The monoisotopic (exact) mass is 451 g/mol. The van der Waals surface area contributed by atoms with Crippen molar-refractivity contribution in [3.05, 3.63) is 16.0 Å². The Labute approximate surface area is 183 Å². The summed E-state index contributed by atoms with van der Waals surface area (Å²) in [6, 6.07) is 0. The summed E-state index contributed by atoms with van der Waals surface area (Å²) in [4.78, 5) is 28.3. The molecule has 0 saturated carbocycles. The van der Waals surface area contributed by atoms with Crippen molar-refractivity contribution >= 4 is 45.9 Å². The van der Waals surface area contributed by atoms with Crippen LogP contribution in [0.4, 0.5) is 10.9 Å².